The van der Waals surface area contributed by atoms with Crippen LogP contribution in [0.15, 0.2) is 40.2 Å². The number of nitrogens with zero attached hydrogens (tertiary/aromatic N) is 1. The molecule has 0 unspecified atom stereocenters. The van der Waals surface area contributed by atoms with Gasteiger partial charge in [0, 0.05) is 5.39 Å². The van der Waals surface area contributed by atoms with Crippen molar-refractivity contribution < 1.29 is 9.90 Å². The fraction of sp³-hybridized carbons (Fsp3) is 0. The summed E-state index contributed by atoms with van der Waals surface area (Å²) in [4.78, 5) is 16.8. The van der Waals surface area contributed by atoms with E-state index in [0.717, 1.165) is 8.66 Å². The van der Waals surface area contributed by atoms with Crippen LogP contribution in [-0.4, -0.2) is 16.1 Å². The SMILES string of the molecule is O=C(O)c1cc(-c2ccc(Br)s2)nc2c(Cl)cccc12. The molecule has 0 radical (unpaired) electrons. The molecule has 2 aromatic heterocycles. The Hall–Kier alpha value is -1.43. The first-order chi connectivity index (χ1) is 9.56. The van der Waals surface area contributed by atoms with Gasteiger partial charge in [-0.05, 0) is 40.2 Å². The molecule has 6 heteroatoms. The van der Waals surface area contributed by atoms with Crippen LogP contribution in [0.4, 0.5) is 0 Å². The smallest absolute Gasteiger partial charge is 0.336 e. The number of carboxylic acids is 1. The van der Waals surface area contributed by atoms with Gasteiger partial charge in [0.15, 0.2) is 0 Å². The number of benzene rings is 1. The normalized spacial score (nSPS) is 10.9. The largest absolute Gasteiger partial charge is 0.478 e. The van der Waals surface area contributed by atoms with Crippen LogP contribution in [0, 0.1) is 0 Å². The highest BCUT2D eigenvalue weighted by Gasteiger charge is 2.15. The molecule has 1 aromatic carbocycles. The number of para-hydroxylation sites is 1. The maximum absolute atomic E-state index is 11.4. The third kappa shape index (κ3) is 2.32. The summed E-state index contributed by atoms with van der Waals surface area (Å²) in [6, 6.07) is 10.5. The van der Waals surface area contributed by atoms with E-state index in [1.54, 1.807) is 24.3 Å². The molecule has 0 saturated carbocycles. The lowest BCUT2D eigenvalue weighted by Gasteiger charge is -2.06. The minimum absolute atomic E-state index is 0.206. The van der Waals surface area contributed by atoms with Crippen molar-refractivity contribution in [1.29, 1.82) is 0 Å². The molecule has 0 saturated heterocycles. The van der Waals surface area contributed by atoms with Crippen molar-refractivity contribution in [1.82, 2.24) is 4.98 Å². The van der Waals surface area contributed by atoms with Gasteiger partial charge in [-0.1, -0.05) is 23.7 Å². The molecule has 1 N–H and O–H groups in total. The molecular formula is C14H7BrClNO2S. The predicted molar refractivity (Wildman–Crippen MR) is 84.7 cm³/mol. The van der Waals surface area contributed by atoms with Crippen molar-refractivity contribution >= 4 is 55.7 Å². The molecular weight excluding hydrogens is 362 g/mol. The molecule has 3 rings (SSSR count). The summed E-state index contributed by atoms with van der Waals surface area (Å²) >= 11 is 11.0. The number of carbonyl (C=O) groups is 1. The highest BCUT2D eigenvalue weighted by molar-refractivity contribution is 9.11. The number of hydrogen-bond acceptors (Lipinski definition) is 3. The molecule has 3 nitrogen and oxygen atoms in total. The zero-order valence-corrected chi connectivity index (χ0v) is 13.1. The van der Waals surface area contributed by atoms with Crippen LogP contribution in [0.25, 0.3) is 21.5 Å². The second-order valence-corrected chi connectivity index (χ2v) is 6.97. The number of rotatable bonds is 2. The molecule has 2 heterocycles. The van der Waals surface area contributed by atoms with Gasteiger partial charge in [-0.15, -0.1) is 11.3 Å². The monoisotopic (exact) mass is 367 g/mol. The van der Waals surface area contributed by atoms with Gasteiger partial charge in [-0.3, -0.25) is 0 Å². The average Bonchev–Trinajstić information content (AvgIpc) is 2.85. The third-order valence-electron chi connectivity index (χ3n) is 2.85. The number of pyridine rings is 1. The molecule has 0 aliphatic carbocycles. The Morgan fingerprint density at radius 1 is 1.30 bits per heavy atom. The molecule has 0 amide bonds. The second-order valence-electron chi connectivity index (χ2n) is 4.10. The topological polar surface area (TPSA) is 50.2 Å². The van der Waals surface area contributed by atoms with Crippen LogP contribution in [0.2, 0.25) is 5.02 Å². The van der Waals surface area contributed by atoms with Crippen molar-refractivity contribution in [2.45, 2.75) is 0 Å². The highest BCUT2D eigenvalue weighted by Crippen LogP contribution is 2.34. The van der Waals surface area contributed by atoms with E-state index in [9.17, 15) is 9.90 Å². The maximum atomic E-state index is 11.4. The molecule has 100 valence electrons. The quantitative estimate of drug-likeness (QED) is 0.686. The minimum Gasteiger partial charge on any atom is -0.478 e. The molecule has 0 bridgehead atoms. The van der Waals surface area contributed by atoms with Crippen molar-refractivity contribution in [2.24, 2.45) is 0 Å². The van der Waals surface area contributed by atoms with Gasteiger partial charge in [0.25, 0.3) is 0 Å². The summed E-state index contributed by atoms with van der Waals surface area (Å²) in [6.45, 7) is 0. The van der Waals surface area contributed by atoms with Crippen LogP contribution < -0.4 is 0 Å². The minimum atomic E-state index is -0.989. The summed E-state index contributed by atoms with van der Waals surface area (Å²) in [5.41, 5.74) is 1.32. The van der Waals surface area contributed by atoms with E-state index in [1.165, 1.54) is 11.3 Å². The molecule has 0 aliphatic rings. The Balaban J connectivity index is 2.35. The van der Waals surface area contributed by atoms with Gasteiger partial charge < -0.3 is 5.11 Å². The van der Waals surface area contributed by atoms with Crippen LogP contribution >= 0.6 is 38.9 Å². The van der Waals surface area contributed by atoms with Crippen molar-refractivity contribution in [3.8, 4) is 10.6 Å². The van der Waals surface area contributed by atoms with Crippen LogP contribution in [0.3, 0.4) is 0 Å². The zero-order valence-electron chi connectivity index (χ0n) is 9.93. The van der Waals surface area contributed by atoms with Crippen molar-refractivity contribution in [3.05, 3.63) is 50.8 Å². The maximum Gasteiger partial charge on any atom is 0.336 e. The Bertz CT molecular complexity index is 831. The molecule has 0 fully saturated rings. The Morgan fingerprint density at radius 3 is 2.75 bits per heavy atom. The van der Waals surface area contributed by atoms with E-state index in [-0.39, 0.29) is 5.56 Å². The van der Waals surface area contributed by atoms with Crippen molar-refractivity contribution in [2.75, 3.05) is 0 Å². The number of aromatic carboxylic acids is 1. The van der Waals surface area contributed by atoms with E-state index < -0.39 is 5.97 Å². The highest BCUT2D eigenvalue weighted by atomic mass is 79.9. The lowest BCUT2D eigenvalue weighted by molar-refractivity contribution is 0.0699. The Morgan fingerprint density at radius 2 is 2.10 bits per heavy atom. The molecule has 20 heavy (non-hydrogen) atoms. The Kier molecular flexibility index (Phi) is 3.50. The molecule has 0 aliphatic heterocycles. The molecule has 3 aromatic rings. The number of hydrogen-bond donors (Lipinski definition) is 1. The van der Waals surface area contributed by atoms with Gasteiger partial charge >= 0.3 is 5.97 Å². The summed E-state index contributed by atoms with van der Waals surface area (Å²) in [7, 11) is 0. The molecule has 0 atom stereocenters. The van der Waals surface area contributed by atoms with E-state index in [4.69, 9.17) is 11.6 Å². The summed E-state index contributed by atoms with van der Waals surface area (Å²) in [5.74, 6) is -0.989. The first-order valence-electron chi connectivity index (χ1n) is 5.64. The predicted octanol–water partition coefficient (Wildman–Crippen LogP) is 5.08. The lowest BCUT2D eigenvalue weighted by Crippen LogP contribution is -2.00. The van der Waals surface area contributed by atoms with Gasteiger partial charge in [0.2, 0.25) is 0 Å². The van der Waals surface area contributed by atoms with Gasteiger partial charge in [-0.25, -0.2) is 9.78 Å². The lowest BCUT2D eigenvalue weighted by atomic mass is 10.1. The number of halogens is 2. The van der Waals surface area contributed by atoms with E-state index in [1.807, 2.05) is 12.1 Å². The number of aromatic nitrogens is 1. The van der Waals surface area contributed by atoms with Crippen LogP contribution in [0.1, 0.15) is 10.4 Å². The van der Waals surface area contributed by atoms with Crippen LogP contribution in [0.5, 0.6) is 0 Å². The number of fused-ring (bicyclic) bond motifs is 1. The standard InChI is InChI=1S/C14H7BrClNO2S/c15-12-5-4-11(20-12)10-6-8(14(18)19)7-2-1-3-9(16)13(7)17-10/h1-6H,(H,18,19). The fourth-order valence-electron chi connectivity index (χ4n) is 1.97. The third-order valence-corrected chi connectivity index (χ3v) is 4.80. The van der Waals surface area contributed by atoms with Crippen LogP contribution in [-0.2, 0) is 0 Å². The number of thiophene rings is 1. The van der Waals surface area contributed by atoms with Crippen molar-refractivity contribution in [3.63, 3.8) is 0 Å². The van der Waals surface area contributed by atoms with E-state index >= 15 is 0 Å². The summed E-state index contributed by atoms with van der Waals surface area (Å²) < 4.78 is 0.963. The number of carboxylic acid groups (broad SMARTS) is 1. The summed E-state index contributed by atoms with van der Waals surface area (Å²) in [6.07, 6.45) is 0. The van der Waals surface area contributed by atoms with E-state index in [2.05, 4.69) is 20.9 Å². The van der Waals surface area contributed by atoms with Gasteiger partial charge in [0.05, 0.1) is 30.5 Å². The first kappa shape index (κ1) is 13.5. The fourth-order valence-corrected chi connectivity index (χ4v) is 3.53. The summed E-state index contributed by atoms with van der Waals surface area (Å²) in [5, 5.41) is 10.4. The van der Waals surface area contributed by atoms with Gasteiger partial charge in [-0.2, -0.15) is 0 Å². The van der Waals surface area contributed by atoms with E-state index in [0.29, 0.717) is 21.6 Å². The van der Waals surface area contributed by atoms with Gasteiger partial charge in [0.1, 0.15) is 0 Å². The average molecular weight is 369 g/mol. The Labute approximate surface area is 132 Å². The second kappa shape index (κ2) is 5.16. The first-order valence-corrected chi connectivity index (χ1v) is 7.63. The molecule has 0 spiro atoms. The zero-order chi connectivity index (χ0) is 14.3.